The molecule has 0 bridgehead atoms. The largest absolute Gasteiger partial charge is 0.495 e. The Morgan fingerprint density at radius 3 is 2.56 bits per heavy atom. The summed E-state index contributed by atoms with van der Waals surface area (Å²) in [5.41, 5.74) is 2.33. The minimum absolute atomic E-state index is 0.317. The zero-order valence-electron chi connectivity index (χ0n) is 13.5. The fourth-order valence-corrected chi connectivity index (χ4v) is 2.50. The Kier molecular flexibility index (Phi) is 5.21. The quantitative estimate of drug-likeness (QED) is 0.654. The lowest BCUT2D eigenvalue weighted by Gasteiger charge is -2.12. The molecule has 0 aliphatic carbocycles. The Labute approximate surface area is 155 Å². The van der Waals surface area contributed by atoms with Gasteiger partial charge in [0.2, 0.25) is 5.95 Å². The summed E-state index contributed by atoms with van der Waals surface area (Å²) in [5, 5.41) is 15.4. The van der Waals surface area contributed by atoms with Gasteiger partial charge in [0.1, 0.15) is 5.75 Å². The first-order chi connectivity index (χ1) is 12.1. The molecule has 0 amide bonds. The minimum atomic E-state index is 0.317. The van der Waals surface area contributed by atoms with E-state index >= 15 is 0 Å². The number of ether oxygens (including phenoxy) is 1. The Morgan fingerprint density at radius 2 is 1.80 bits per heavy atom. The van der Waals surface area contributed by atoms with Crippen LogP contribution in [0.2, 0.25) is 10.0 Å². The van der Waals surface area contributed by atoms with E-state index in [-0.39, 0.29) is 0 Å². The standard InChI is InChI=1S/C17H15Cl2N5O/c1-10-7-14(15(25-2)8-12(10)19)22-17-23-16(9-20-24-17)21-13-6-4-3-5-11(13)18/h3-9H,1-2H3,(H2,21,22,23,24). The maximum Gasteiger partial charge on any atom is 0.249 e. The highest BCUT2D eigenvalue weighted by Crippen LogP contribution is 2.32. The third-order valence-electron chi connectivity index (χ3n) is 3.42. The number of aromatic nitrogens is 3. The summed E-state index contributed by atoms with van der Waals surface area (Å²) in [5.74, 6) is 1.41. The predicted molar refractivity (Wildman–Crippen MR) is 101 cm³/mol. The summed E-state index contributed by atoms with van der Waals surface area (Å²) in [6, 6.07) is 11.0. The lowest BCUT2D eigenvalue weighted by molar-refractivity contribution is 0.416. The number of methoxy groups -OCH3 is 1. The molecule has 0 fully saturated rings. The molecular weight excluding hydrogens is 361 g/mol. The molecule has 25 heavy (non-hydrogen) atoms. The van der Waals surface area contributed by atoms with Crippen molar-refractivity contribution in [2.24, 2.45) is 0 Å². The summed E-state index contributed by atoms with van der Waals surface area (Å²) in [7, 11) is 1.57. The van der Waals surface area contributed by atoms with Crippen molar-refractivity contribution in [2.75, 3.05) is 17.7 Å². The second-order valence-electron chi connectivity index (χ2n) is 5.20. The molecule has 0 atom stereocenters. The summed E-state index contributed by atoms with van der Waals surface area (Å²) in [6.07, 6.45) is 1.51. The molecule has 2 aromatic carbocycles. The average molecular weight is 376 g/mol. The number of hydrogen-bond donors (Lipinski definition) is 2. The van der Waals surface area contributed by atoms with E-state index < -0.39 is 0 Å². The topological polar surface area (TPSA) is 72.0 Å². The summed E-state index contributed by atoms with van der Waals surface area (Å²) in [4.78, 5) is 4.39. The number of para-hydroxylation sites is 1. The van der Waals surface area contributed by atoms with Crippen molar-refractivity contribution in [2.45, 2.75) is 6.92 Å². The molecular formula is C17H15Cl2N5O. The van der Waals surface area contributed by atoms with E-state index in [9.17, 15) is 0 Å². The van der Waals surface area contributed by atoms with Crippen LogP contribution >= 0.6 is 23.2 Å². The first-order valence-electron chi connectivity index (χ1n) is 7.39. The highest BCUT2D eigenvalue weighted by Gasteiger charge is 2.10. The zero-order chi connectivity index (χ0) is 17.8. The van der Waals surface area contributed by atoms with Crippen molar-refractivity contribution in [1.29, 1.82) is 0 Å². The van der Waals surface area contributed by atoms with Gasteiger partial charge in [-0.25, -0.2) is 0 Å². The molecule has 3 rings (SSSR count). The van der Waals surface area contributed by atoms with E-state index in [1.807, 2.05) is 31.2 Å². The van der Waals surface area contributed by atoms with Gasteiger partial charge >= 0.3 is 0 Å². The molecule has 6 nitrogen and oxygen atoms in total. The number of rotatable bonds is 5. The van der Waals surface area contributed by atoms with Crippen LogP contribution in [0, 0.1) is 6.92 Å². The molecule has 3 aromatic rings. The predicted octanol–water partition coefficient (Wildman–Crippen LogP) is 4.98. The van der Waals surface area contributed by atoms with Crippen LogP contribution < -0.4 is 15.4 Å². The molecule has 8 heteroatoms. The van der Waals surface area contributed by atoms with Crippen LogP contribution in [-0.4, -0.2) is 22.3 Å². The van der Waals surface area contributed by atoms with Gasteiger partial charge in [0.15, 0.2) is 5.82 Å². The molecule has 0 saturated carbocycles. The van der Waals surface area contributed by atoms with Gasteiger partial charge in [0.05, 0.1) is 29.7 Å². The highest BCUT2D eigenvalue weighted by molar-refractivity contribution is 6.33. The third-order valence-corrected chi connectivity index (χ3v) is 4.16. The SMILES string of the molecule is COc1cc(Cl)c(C)cc1Nc1nncc(Nc2ccccc2Cl)n1. The molecule has 0 saturated heterocycles. The van der Waals surface area contributed by atoms with E-state index in [1.165, 1.54) is 6.20 Å². The van der Waals surface area contributed by atoms with Crippen LogP contribution in [0.25, 0.3) is 0 Å². The van der Waals surface area contributed by atoms with Gasteiger partial charge in [0.25, 0.3) is 0 Å². The van der Waals surface area contributed by atoms with Crippen molar-refractivity contribution in [3.05, 3.63) is 58.2 Å². The number of nitrogens with one attached hydrogen (secondary N) is 2. The van der Waals surface area contributed by atoms with E-state index in [2.05, 4.69) is 25.8 Å². The number of hydrogen-bond acceptors (Lipinski definition) is 6. The van der Waals surface area contributed by atoms with Crippen LogP contribution in [0.1, 0.15) is 5.56 Å². The molecule has 0 spiro atoms. The first kappa shape index (κ1) is 17.3. The molecule has 0 unspecified atom stereocenters. The third kappa shape index (κ3) is 4.10. The second-order valence-corrected chi connectivity index (χ2v) is 6.01. The second kappa shape index (κ2) is 7.55. The zero-order valence-corrected chi connectivity index (χ0v) is 15.1. The Hall–Kier alpha value is -2.57. The van der Waals surface area contributed by atoms with E-state index in [1.54, 1.807) is 19.2 Å². The van der Waals surface area contributed by atoms with Crippen molar-refractivity contribution in [1.82, 2.24) is 15.2 Å². The van der Waals surface area contributed by atoms with Crippen molar-refractivity contribution in [3.8, 4) is 5.75 Å². The summed E-state index contributed by atoms with van der Waals surface area (Å²) in [6.45, 7) is 1.90. The van der Waals surface area contributed by atoms with Crippen LogP contribution in [-0.2, 0) is 0 Å². The van der Waals surface area contributed by atoms with Gasteiger partial charge in [-0.1, -0.05) is 35.3 Å². The lowest BCUT2D eigenvalue weighted by atomic mass is 10.2. The fourth-order valence-electron chi connectivity index (χ4n) is 2.17. The lowest BCUT2D eigenvalue weighted by Crippen LogP contribution is -2.04. The summed E-state index contributed by atoms with van der Waals surface area (Å²) < 4.78 is 5.34. The molecule has 2 N–H and O–H groups in total. The van der Waals surface area contributed by atoms with Crippen LogP contribution in [0.3, 0.4) is 0 Å². The molecule has 0 radical (unpaired) electrons. The van der Waals surface area contributed by atoms with Gasteiger partial charge in [0, 0.05) is 11.1 Å². The van der Waals surface area contributed by atoms with Crippen molar-refractivity contribution >= 4 is 46.3 Å². The summed E-state index contributed by atoms with van der Waals surface area (Å²) >= 11 is 12.3. The van der Waals surface area contributed by atoms with Crippen LogP contribution in [0.5, 0.6) is 5.75 Å². The van der Waals surface area contributed by atoms with E-state index in [0.717, 1.165) is 11.3 Å². The molecule has 0 aliphatic rings. The molecule has 1 aromatic heterocycles. The number of benzene rings is 2. The van der Waals surface area contributed by atoms with Gasteiger partial charge in [-0.2, -0.15) is 10.1 Å². The minimum Gasteiger partial charge on any atom is -0.495 e. The molecule has 128 valence electrons. The molecule has 1 heterocycles. The smallest absolute Gasteiger partial charge is 0.249 e. The fraction of sp³-hybridized carbons (Fsp3) is 0.118. The number of halogens is 2. The number of nitrogens with zero attached hydrogens (tertiary/aromatic N) is 3. The monoisotopic (exact) mass is 375 g/mol. The van der Waals surface area contributed by atoms with Gasteiger partial charge in [-0.3, -0.25) is 0 Å². The van der Waals surface area contributed by atoms with Gasteiger partial charge in [-0.05, 0) is 30.7 Å². The van der Waals surface area contributed by atoms with Crippen LogP contribution in [0.4, 0.5) is 23.1 Å². The van der Waals surface area contributed by atoms with Crippen molar-refractivity contribution < 1.29 is 4.74 Å². The van der Waals surface area contributed by atoms with Crippen molar-refractivity contribution in [3.63, 3.8) is 0 Å². The Bertz CT molecular complexity index is 904. The Balaban J connectivity index is 1.85. The highest BCUT2D eigenvalue weighted by atomic mass is 35.5. The normalized spacial score (nSPS) is 10.4. The maximum absolute atomic E-state index is 6.14. The number of anilines is 4. The maximum atomic E-state index is 6.14. The van der Waals surface area contributed by atoms with Gasteiger partial charge < -0.3 is 15.4 Å². The average Bonchev–Trinajstić information content (AvgIpc) is 2.60. The Morgan fingerprint density at radius 1 is 1.00 bits per heavy atom. The van der Waals surface area contributed by atoms with Gasteiger partial charge in [-0.15, -0.1) is 5.10 Å². The first-order valence-corrected chi connectivity index (χ1v) is 8.15. The van der Waals surface area contributed by atoms with Crippen LogP contribution in [0.15, 0.2) is 42.6 Å². The number of aryl methyl sites for hydroxylation is 1. The van der Waals surface area contributed by atoms with E-state index in [4.69, 9.17) is 27.9 Å². The molecule has 0 aliphatic heterocycles. The van der Waals surface area contributed by atoms with E-state index in [0.29, 0.717) is 33.2 Å².